The zero-order valence-corrected chi connectivity index (χ0v) is 11.7. The second-order valence-electron chi connectivity index (χ2n) is 4.40. The number of fused-ring (bicyclic) bond motifs is 1. The van der Waals surface area contributed by atoms with Gasteiger partial charge in [0.2, 0.25) is 0 Å². The highest BCUT2D eigenvalue weighted by Crippen LogP contribution is 2.33. The molecule has 2 aromatic rings. The summed E-state index contributed by atoms with van der Waals surface area (Å²) in [5, 5.41) is 10.4. The molecule has 19 heavy (non-hydrogen) atoms. The van der Waals surface area contributed by atoms with Crippen LogP contribution in [0.4, 0.5) is 0 Å². The van der Waals surface area contributed by atoms with Crippen molar-refractivity contribution in [3.63, 3.8) is 0 Å². The van der Waals surface area contributed by atoms with Crippen molar-refractivity contribution >= 4 is 28.5 Å². The Morgan fingerprint density at radius 3 is 2.74 bits per heavy atom. The van der Waals surface area contributed by atoms with E-state index in [0.29, 0.717) is 22.0 Å². The first kappa shape index (κ1) is 13.6. The molecular weight excluding hydrogens is 266 g/mol. The molecule has 0 spiro atoms. The zero-order valence-electron chi connectivity index (χ0n) is 10.9. The molecule has 5 heteroatoms. The number of carboxylic acids is 1. The zero-order chi connectivity index (χ0) is 14.2. The molecule has 0 aliphatic heterocycles. The lowest BCUT2D eigenvalue weighted by atomic mass is 10.0. The third-order valence-electron chi connectivity index (χ3n) is 3.13. The van der Waals surface area contributed by atoms with Crippen LogP contribution in [0, 0.1) is 6.92 Å². The van der Waals surface area contributed by atoms with Crippen molar-refractivity contribution in [2.75, 3.05) is 7.11 Å². The maximum absolute atomic E-state index is 11.1. The van der Waals surface area contributed by atoms with Gasteiger partial charge in [0.15, 0.2) is 0 Å². The van der Waals surface area contributed by atoms with Crippen molar-refractivity contribution in [2.24, 2.45) is 0 Å². The molecule has 1 heterocycles. The Bertz CT molecular complexity index is 655. The summed E-state index contributed by atoms with van der Waals surface area (Å²) < 4.78 is 5.27. The van der Waals surface area contributed by atoms with Crippen LogP contribution in [0.3, 0.4) is 0 Å². The lowest BCUT2D eigenvalue weighted by Gasteiger charge is -2.13. The number of ether oxygens (including phenoxy) is 1. The van der Waals surface area contributed by atoms with E-state index in [1.165, 1.54) is 0 Å². The van der Waals surface area contributed by atoms with E-state index >= 15 is 0 Å². The summed E-state index contributed by atoms with van der Waals surface area (Å²) in [7, 11) is 1.58. The first-order valence-electron chi connectivity index (χ1n) is 5.82. The normalized spacial score (nSPS) is 12.4. The standard InChI is InChI=1S/C14H14ClNO3/c1-7-6-9-11(19-3)5-4-10(15)13(9)16-12(7)8(2)14(17)18/h4-6,8H,1-3H3,(H,17,18). The number of hydrogen-bond acceptors (Lipinski definition) is 3. The lowest BCUT2D eigenvalue weighted by Crippen LogP contribution is -2.11. The molecule has 1 unspecified atom stereocenters. The van der Waals surface area contributed by atoms with E-state index in [2.05, 4.69) is 4.98 Å². The van der Waals surface area contributed by atoms with Crippen LogP contribution in [-0.4, -0.2) is 23.2 Å². The van der Waals surface area contributed by atoms with Crippen LogP contribution in [0.2, 0.25) is 5.02 Å². The predicted molar refractivity (Wildman–Crippen MR) is 74.1 cm³/mol. The lowest BCUT2D eigenvalue weighted by molar-refractivity contribution is -0.138. The Balaban J connectivity index is 2.75. The van der Waals surface area contributed by atoms with E-state index in [9.17, 15) is 4.79 Å². The molecule has 0 aliphatic carbocycles. The third kappa shape index (κ3) is 2.36. The molecule has 0 saturated carbocycles. The van der Waals surface area contributed by atoms with Crippen LogP contribution in [-0.2, 0) is 4.79 Å². The van der Waals surface area contributed by atoms with Gasteiger partial charge >= 0.3 is 5.97 Å². The van der Waals surface area contributed by atoms with Crippen molar-refractivity contribution in [2.45, 2.75) is 19.8 Å². The molecule has 1 atom stereocenters. The van der Waals surface area contributed by atoms with Crippen LogP contribution >= 0.6 is 11.6 Å². The number of pyridine rings is 1. The van der Waals surface area contributed by atoms with Gasteiger partial charge in [-0.15, -0.1) is 0 Å². The summed E-state index contributed by atoms with van der Waals surface area (Å²) in [6.07, 6.45) is 0. The van der Waals surface area contributed by atoms with Crippen LogP contribution in [0.5, 0.6) is 5.75 Å². The van der Waals surface area contributed by atoms with E-state index in [1.54, 1.807) is 26.2 Å². The molecule has 0 fully saturated rings. The minimum absolute atomic E-state index is 0.481. The molecule has 0 radical (unpaired) electrons. The van der Waals surface area contributed by atoms with E-state index < -0.39 is 11.9 Å². The molecule has 1 N–H and O–H groups in total. The van der Waals surface area contributed by atoms with Gasteiger partial charge in [-0.2, -0.15) is 0 Å². The number of carboxylic acid groups (broad SMARTS) is 1. The molecule has 100 valence electrons. The Morgan fingerprint density at radius 1 is 1.47 bits per heavy atom. The fourth-order valence-electron chi connectivity index (χ4n) is 2.05. The van der Waals surface area contributed by atoms with Crippen molar-refractivity contribution in [1.29, 1.82) is 0 Å². The molecule has 0 aliphatic rings. The molecule has 0 saturated heterocycles. The van der Waals surface area contributed by atoms with Crippen molar-refractivity contribution in [3.05, 3.63) is 34.5 Å². The largest absolute Gasteiger partial charge is 0.496 e. The fourth-order valence-corrected chi connectivity index (χ4v) is 2.26. The molecular formula is C14H14ClNO3. The molecule has 1 aromatic carbocycles. The Kier molecular flexibility index (Phi) is 3.62. The van der Waals surface area contributed by atoms with Crippen molar-refractivity contribution < 1.29 is 14.6 Å². The SMILES string of the molecule is COc1ccc(Cl)c2nc(C(C)C(=O)O)c(C)cc12. The van der Waals surface area contributed by atoms with Gasteiger partial charge in [0.05, 0.1) is 29.3 Å². The number of halogens is 1. The number of aliphatic carboxylic acids is 1. The van der Waals surface area contributed by atoms with Crippen molar-refractivity contribution in [3.8, 4) is 5.75 Å². The van der Waals surface area contributed by atoms with Gasteiger partial charge in [-0.1, -0.05) is 11.6 Å². The van der Waals surface area contributed by atoms with Gasteiger partial charge in [-0.3, -0.25) is 4.79 Å². The van der Waals surface area contributed by atoms with E-state index in [0.717, 1.165) is 10.9 Å². The second kappa shape index (κ2) is 5.05. The van der Waals surface area contributed by atoms with Gasteiger partial charge < -0.3 is 9.84 Å². The number of aryl methyl sites for hydroxylation is 1. The van der Waals surface area contributed by atoms with E-state index in [-0.39, 0.29) is 0 Å². The quantitative estimate of drug-likeness (QED) is 0.935. The summed E-state index contributed by atoms with van der Waals surface area (Å²) >= 11 is 6.13. The summed E-state index contributed by atoms with van der Waals surface area (Å²) in [5.74, 6) is -0.912. The van der Waals surface area contributed by atoms with Crippen molar-refractivity contribution in [1.82, 2.24) is 4.98 Å². The van der Waals surface area contributed by atoms with Gasteiger partial charge in [0.1, 0.15) is 5.75 Å². The molecule has 1 aromatic heterocycles. The number of nitrogens with zero attached hydrogens (tertiary/aromatic N) is 1. The monoisotopic (exact) mass is 279 g/mol. The average Bonchev–Trinajstić information content (AvgIpc) is 2.38. The molecule has 4 nitrogen and oxygen atoms in total. The topological polar surface area (TPSA) is 59.4 Å². The maximum atomic E-state index is 11.1. The highest BCUT2D eigenvalue weighted by Gasteiger charge is 2.19. The van der Waals surface area contributed by atoms with Gasteiger partial charge in [-0.05, 0) is 37.6 Å². The van der Waals surface area contributed by atoms with Crippen LogP contribution in [0.25, 0.3) is 10.9 Å². The summed E-state index contributed by atoms with van der Waals surface area (Å²) in [5.41, 5.74) is 1.90. The maximum Gasteiger partial charge on any atom is 0.312 e. The summed E-state index contributed by atoms with van der Waals surface area (Å²) in [4.78, 5) is 15.5. The minimum Gasteiger partial charge on any atom is -0.496 e. The second-order valence-corrected chi connectivity index (χ2v) is 4.80. The Hall–Kier alpha value is -1.81. The number of methoxy groups -OCH3 is 1. The Morgan fingerprint density at radius 2 is 2.16 bits per heavy atom. The minimum atomic E-state index is -0.908. The average molecular weight is 280 g/mol. The molecule has 0 bridgehead atoms. The number of rotatable bonds is 3. The van der Waals surface area contributed by atoms with Gasteiger partial charge in [-0.25, -0.2) is 4.98 Å². The van der Waals surface area contributed by atoms with Gasteiger partial charge in [0.25, 0.3) is 0 Å². The first-order chi connectivity index (χ1) is 8.95. The smallest absolute Gasteiger partial charge is 0.312 e. The highest BCUT2D eigenvalue weighted by atomic mass is 35.5. The van der Waals surface area contributed by atoms with E-state index in [4.69, 9.17) is 21.4 Å². The number of hydrogen-bond donors (Lipinski definition) is 1. The number of benzene rings is 1. The summed E-state index contributed by atoms with van der Waals surface area (Å²) in [6.45, 7) is 3.44. The fraction of sp³-hybridized carbons (Fsp3) is 0.286. The third-order valence-corrected chi connectivity index (χ3v) is 3.43. The molecule has 2 rings (SSSR count). The van der Waals surface area contributed by atoms with Crippen LogP contribution in [0.15, 0.2) is 18.2 Å². The van der Waals surface area contributed by atoms with Crippen LogP contribution < -0.4 is 4.74 Å². The number of carbonyl (C=O) groups is 1. The first-order valence-corrected chi connectivity index (χ1v) is 6.20. The molecule has 0 amide bonds. The van der Waals surface area contributed by atoms with Gasteiger partial charge in [0, 0.05) is 5.39 Å². The van der Waals surface area contributed by atoms with E-state index in [1.807, 2.05) is 13.0 Å². The Labute approximate surface area is 116 Å². The highest BCUT2D eigenvalue weighted by molar-refractivity contribution is 6.35. The predicted octanol–water partition coefficient (Wildman–Crippen LogP) is 3.39. The number of aromatic nitrogens is 1. The summed E-state index contributed by atoms with van der Waals surface area (Å²) in [6, 6.07) is 5.33. The van der Waals surface area contributed by atoms with Crippen LogP contribution in [0.1, 0.15) is 24.1 Å².